The largest absolute Gasteiger partial charge is 0.463 e. The molecule has 1 aliphatic rings. The quantitative estimate of drug-likeness (QED) is 0.424. The fraction of sp³-hybridized carbons (Fsp3) is 0.765. The minimum atomic E-state index is -1.19. The van der Waals surface area contributed by atoms with Gasteiger partial charge in [-0.15, -0.1) is 11.8 Å². The zero-order valence-corrected chi connectivity index (χ0v) is 17.2. The second-order valence-electron chi connectivity index (χ2n) is 6.25. The van der Waals surface area contributed by atoms with Gasteiger partial charge in [0.1, 0.15) is 18.1 Å². The molecule has 0 amide bonds. The van der Waals surface area contributed by atoms with E-state index in [-0.39, 0.29) is 12.4 Å². The molecule has 0 aromatic rings. The van der Waals surface area contributed by atoms with E-state index in [2.05, 4.69) is 0 Å². The molecule has 1 N–H and O–H groups in total. The summed E-state index contributed by atoms with van der Waals surface area (Å²) in [6.45, 7) is 5.98. The number of thioether (sulfide) groups is 1. The number of carbonyl (C=O) groups is 4. The molecule has 0 bridgehead atoms. The third-order valence-electron chi connectivity index (χ3n) is 3.45. The van der Waals surface area contributed by atoms with Crippen molar-refractivity contribution in [3.63, 3.8) is 0 Å². The molecule has 10 nitrogen and oxygen atoms in total. The molecule has 0 aliphatic carbocycles. The Bertz CT molecular complexity index is 578. The number of aliphatic hydroxyl groups is 1. The third-order valence-corrected chi connectivity index (χ3v) is 4.83. The highest BCUT2D eigenvalue weighted by Crippen LogP contribution is 2.34. The standard InChI is InChI=1S/C17H26O10S/c1-8(18)7-28-17-16(26-12(5)22)15(25-11(4)21)14(24-10(3)20)13(27-17)6-23-9(2)19/h8,13-18H,6-7H2,1-5H3/t8?,13-,14-,15+,16-,17+/m1/s1. The van der Waals surface area contributed by atoms with Crippen molar-refractivity contribution in [2.75, 3.05) is 12.4 Å². The summed E-state index contributed by atoms with van der Waals surface area (Å²) in [6, 6.07) is 0. The highest BCUT2D eigenvalue weighted by molar-refractivity contribution is 7.99. The molecule has 1 aliphatic heterocycles. The Morgan fingerprint density at radius 3 is 1.86 bits per heavy atom. The molecule has 6 atom stereocenters. The van der Waals surface area contributed by atoms with Crippen LogP contribution in [0, 0.1) is 0 Å². The molecule has 0 aromatic heterocycles. The monoisotopic (exact) mass is 422 g/mol. The summed E-state index contributed by atoms with van der Waals surface area (Å²) in [5.74, 6) is -2.38. The van der Waals surface area contributed by atoms with Crippen LogP contribution in [0.3, 0.4) is 0 Å². The van der Waals surface area contributed by atoms with Gasteiger partial charge in [-0.25, -0.2) is 0 Å². The van der Waals surface area contributed by atoms with Crippen LogP contribution in [0.5, 0.6) is 0 Å². The molecule has 1 heterocycles. The van der Waals surface area contributed by atoms with Gasteiger partial charge in [0.05, 0.1) is 6.10 Å². The predicted molar refractivity (Wildman–Crippen MR) is 96.1 cm³/mol. The topological polar surface area (TPSA) is 135 Å². The fourth-order valence-electron chi connectivity index (χ4n) is 2.56. The van der Waals surface area contributed by atoms with Crippen molar-refractivity contribution >= 4 is 35.6 Å². The van der Waals surface area contributed by atoms with Crippen LogP contribution in [0.1, 0.15) is 34.6 Å². The van der Waals surface area contributed by atoms with Crippen molar-refractivity contribution in [2.24, 2.45) is 0 Å². The summed E-state index contributed by atoms with van der Waals surface area (Å²) >= 11 is 1.12. The summed E-state index contributed by atoms with van der Waals surface area (Å²) in [5, 5.41) is 9.57. The Kier molecular flexibility index (Phi) is 9.70. The van der Waals surface area contributed by atoms with E-state index < -0.39 is 59.8 Å². The van der Waals surface area contributed by atoms with Crippen LogP contribution in [-0.2, 0) is 42.9 Å². The van der Waals surface area contributed by atoms with E-state index in [1.54, 1.807) is 6.92 Å². The number of esters is 4. The van der Waals surface area contributed by atoms with Crippen LogP contribution in [-0.4, -0.2) is 77.3 Å². The normalized spacial score (nSPS) is 28.0. The molecule has 0 spiro atoms. The van der Waals surface area contributed by atoms with Gasteiger partial charge < -0.3 is 28.8 Å². The minimum absolute atomic E-state index is 0.230. The van der Waals surface area contributed by atoms with Crippen molar-refractivity contribution in [3.05, 3.63) is 0 Å². The van der Waals surface area contributed by atoms with Gasteiger partial charge in [-0.2, -0.15) is 0 Å². The third kappa shape index (κ3) is 8.03. The van der Waals surface area contributed by atoms with Crippen LogP contribution in [0.25, 0.3) is 0 Å². The van der Waals surface area contributed by atoms with Crippen molar-refractivity contribution in [2.45, 2.75) is 70.6 Å². The first kappa shape index (κ1) is 24.2. The van der Waals surface area contributed by atoms with Crippen molar-refractivity contribution in [1.82, 2.24) is 0 Å². The fourth-order valence-corrected chi connectivity index (χ4v) is 3.65. The van der Waals surface area contributed by atoms with Gasteiger partial charge in [0.15, 0.2) is 18.3 Å². The van der Waals surface area contributed by atoms with E-state index >= 15 is 0 Å². The van der Waals surface area contributed by atoms with Gasteiger partial charge in [-0.1, -0.05) is 0 Å². The average molecular weight is 422 g/mol. The van der Waals surface area contributed by atoms with Crippen LogP contribution in [0.4, 0.5) is 0 Å². The first-order chi connectivity index (χ1) is 13.0. The Balaban J connectivity index is 3.24. The van der Waals surface area contributed by atoms with Crippen molar-refractivity contribution in [3.8, 4) is 0 Å². The molecule has 1 fully saturated rings. The molecule has 0 radical (unpaired) electrons. The molecule has 160 valence electrons. The smallest absolute Gasteiger partial charge is 0.303 e. The summed E-state index contributed by atoms with van der Waals surface area (Å²) in [5.41, 5.74) is -0.866. The molecular weight excluding hydrogens is 396 g/mol. The number of hydrogen-bond donors (Lipinski definition) is 1. The zero-order chi connectivity index (χ0) is 21.4. The van der Waals surface area contributed by atoms with Crippen molar-refractivity contribution in [1.29, 1.82) is 0 Å². The molecule has 11 heteroatoms. The number of aliphatic hydroxyl groups excluding tert-OH is 1. The average Bonchev–Trinajstić information content (AvgIpc) is 2.54. The highest BCUT2D eigenvalue weighted by Gasteiger charge is 2.52. The zero-order valence-electron chi connectivity index (χ0n) is 16.4. The van der Waals surface area contributed by atoms with Gasteiger partial charge in [0.25, 0.3) is 0 Å². The van der Waals surface area contributed by atoms with Crippen LogP contribution >= 0.6 is 11.8 Å². The van der Waals surface area contributed by atoms with E-state index in [4.69, 9.17) is 23.7 Å². The lowest BCUT2D eigenvalue weighted by atomic mass is 9.99. The van der Waals surface area contributed by atoms with Gasteiger partial charge in [0, 0.05) is 33.4 Å². The molecular formula is C17H26O10S. The molecule has 1 saturated heterocycles. The summed E-state index contributed by atoms with van der Waals surface area (Å²) in [4.78, 5) is 46.0. The summed E-state index contributed by atoms with van der Waals surface area (Å²) in [6.07, 6.45) is -5.13. The summed E-state index contributed by atoms with van der Waals surface area (Å²) in [7, 11) is 0. The molecule has 0 aromatic carbocycles. The molecule has 0 saturated carbocycles. The predicted octanol–water partition coefficient (Wildman–Crippen LogP) is 0.183. The second-order valence-corrected chi connectivity index (χ2v) is 7.38. The Morgan fingerprint density at radius 1 is 0.893 bits per heavy atom. The maximum absolute atomic E-state index is 11.6. The lowest BCUT2D eigenvalue weighted by Gasteiger charge is -2.44. The number of carbonyl (C=O) groups excluding carboxylic acids is 4. The Hall–Kier alpha value is -1.85. The van der Waals surface area contributed by atoms with E-state index in [1.807, 2.05) is 0 Å². The van der Waals surface area contributed by atoms with Crippen LogP contribution in [0.15, 0.2) is 0 Å². The van der Waals surface area contributed by atoms with Crippen LogP contribution < -0.4 is 0 Å². The molecule has 1 rings (SSSR count). The van der Waals surface area contributed by atoms with E-state index in [1.165, 1.54) is 13.8 Å². The van der Waals surface area contributed by atoms with E-state index in [9.17, 15) is 24.3 Å². The van der Waals surface area contributed by atoms with E-state index in [0.29, 0.717) is 0 Å². The van der Waals surface area contributed by atoms with Gasteiger partial charge >= 0.3 is 23.9 Å². The Labute approximate surface area is 167 Å². The lowest BCUT2D eigenvalue weighted by molar-refractivity contribution is -0.237. The van der Waals surface area contributed by atoms with Crippen molar-refractivity contribution < 1.29 is 48.0 Å². The first-order valence-corrected chi connectivity index (χ1v) is 9.66. The lowest BCUT2D eigenvalue weighted by Crippen LogP contribution is -2.61. The molecule has 1 unspecified atom stereocenters. The second kappa shape index (κ2) is 11.2. The first-order valence-electron chi connectivity index (χ1n) is 8.61. The summed E-state index contributed by atoms with van der Waals surface area (Å²) < 4.78 is 26.7. The minimum Gasteiger partial charge on any atom is -0.463 e. The number of hydrogen-bond acceptors (Lipinski definition) is 11. The van der Waals surface area contributed by atoms with E-state index in [0.717, 1.165) is 25.6 Å². The molecule has 28 heavy (non-hydrogen) atoms. The SMILES string of the molecule is CC(=O)OC[C@H]1O[C@@H](SCC(C)O)[C@H](OC(C)=O)[C@@H](OC(C)=O)[C@@H]1OC(C)=O. The van der Waals surface area contributed by atoms with Gasteiger partial charge in [-0.3, -0.25) is 19.2 Å². The van der Waals surface area contributed by atoms with Gasteiger partial charge in [-0.05, 0) is 6.92 Å². The number of ether oxygens (including phenoxy) is 5. The number of rotatable bonds is 8. The van der Waals surface area contributed by atoms with Crippen LogP contribution in [0.2, 0.25) is 0 Å². The maximum Gasteiger partial charge on any atom is 0.303 e. The maximum atomic E-state index is 11.6. The van der Waals surface area contributed by atoms with Gasteiger partial charge in [0.2, 0.25) is 0 Å². The highest BCUT2D eigenvalue weighted by atomic mass is 32.2. The Morgan fingerprint density at radius 2 is 1.39 bits per heavy atom.